The van der Waals surface area contributed by atoms with E-state index in [2.05, 4.69) is 0 Å². The van der Waals surface area contributed by atoms with Gasteiger partial charge in [-0.1, -0.05) is 0 Å². The van der Waals surface area contributed by atoms with Crippen molar-refractivity contribution >= 4 is 5.97 Å². The maximum Gasteiger partial charge on any atom is 0.372 e. The van der Waals surface area contributed by atoms with Crippen LogP contribution in [-0.2, 0) is 4.79 Å². The van der Waals surface area contributed by atoms with Crippen LogP contribution in [0.4, 0.5) is 26.3 Å². The lowest BCUT2D eigenvalue weighted by atomic mass is 10.1. The standard InChI is InChI=1S/C7H6F6O2/c1-3(4(14)15)2-6(10,11)7(12,13)5(8)9/h2,5H,1H3,(H,14,15)/b3-2+. The van der Waals surface area contributed by atoms with Gasteiger partial charge in [0, 0.05) is 11.6 Å². The molecule has 0 fully saturated rings. The fourth-order valence-corrected chi connectivity index (χ4v) is 0.575. The number of hydrogen-bond donors (Lipinski definition) is 1. The molecule has 15 heavy (non-hydrogen) atoms. The summed E-state index contributed by atoms with van der Waals surface area (Å²) in [5.74, 6) is -12.7. The van der Waals surface area contributed by atoms with Crippen molar-refractivity contribution in [2.75, 3.05) is 0 Å². The van der Waals surface area contributed by atoms with Crippen LogP contribution in [0.1, 0.15) is 6.92 Å². The van der Waals surface area contributed by atoms with Crippen molar-refractivity contribution in [2.45, 2.75) is 25.2 Å². The van der Waals surface area contributed by atoms with Crippen molar-refractivity contribution in [3.63, 3.8) is 0 Å². The Hall–Kier alpha value is -1.21. The Balaban J connectivity index is 5.15. The first kappa shape index (κ1) is 13.8. The molecule has 0 saturated heterocycles. The van der Waals surface area contributed by atoms with E-state index in [-0.39, 0.29) is 0 Å². The summed E-state index contributed by atoms with van der Waals surface area (Å²) in [5, 5.41) is 8.12. The van der Waals surface area contributed by atoms with Crippen LogP contribution >= 0.6 is 0 Å². The zero-order valence-electron chi connectivity index (χ0n) is 7.28. The van der Waals surface area contributed by atoms with Crippen LogP contribution in [-0.4, -0.2) is 29.3 Å². The van der Waals surface area contributed by atoms with Crippen molar-refractivity contribution in [1.82, 2.24) is 0 Å². The highest BCUT2D eigenvalue weighted by Crippen LogP contribution is 2.40. The van der Waals surface area contributed by atoms with E-state index in [1.54, 1.807) is 0 Å². The molecule has 0 aliphatic heterocycles. The monoisotopic (exact) mass is 236 g/mol. The van der Waals surface area contributed by atoms with Crippen molar-refractivity contribution in [2.24, 2.45) is 0 Å². The first-order chi connectivity index (χ1) is 6.52. The summed E-state index contributed by atoms with van der Waals surface area (Å²) in [5.41, 5.74) is -1.14. The van der Waals surface area contributed by atoms with Gasteiger partial charge in [-0.2, -0.15) is 17.6 Å². The summed E-state index contributed by atoms with van der Waals surface area (Å²) in [6.45, 7) is 0.595. The van der Waals surface area contributed by atoms with Crippen LogP contribution in [0.5, 0.6) is 0 Å². The number of carboxylic acid groups (broad SMARTS) is 1. The third-order valence-corrected chi connectivity index (χ3v) is 1.45. The van der Waals surface area contributed by atoms with E-state index < -0.39 is 35.9 Å². The minimum absolute atomic E-state index is 0.595. The zero-order valence-corrected chi connectivity index (χ0v) is 7.28. The van der Waals surface area contributed by atoms with Gasteiger partial charge >= 0.3 is 24.2 Å². The number of rotatable bonds is 4. The van der Waals surface area contributed by atoms with Crippen molar-refractivity contribution in [3.05, 3.63) is 11.6 Å². The molecule has 88 valence electrons. The second-order valence-electron chi connectivity index (χ2n) is 2.68. The SMILES string of the molecule is C/C(=C\C(F)(F)C(F)(F)C(F)F)C(=O)O. The zero-order chi connectivity index (χ0) is 12.4. The van der Waals surface area contributed by atoms with E-state index in [1.807, 2.05) is 0 Å². The number of aliphatic carboxylic acids is 1. The Bertz CT molecular complexity index is 283. The molecule has 0 aromatic heterocycles. The topological polar surface area (TPSA) is 37.3 Å². The molecule has 0 aliphatic rings. The van der Waals surface area contributed by atoms with Gasteiger partial charge < -0.3 is 5.11 Å². The number of alkyl halides is 6. The number of halogens is 6. The van der Waals surface area contributed by atoms with E-state index in [4.69, 9.17) is 5.11 Å². The van der Waals surface area contributed by atoms with Gasteiger partial charge in [0.1, 0.15) is 0 Å². The molecule has 0 heterocycles. The number of carboxylic acids is 1. The highest BCUT2D eigenvalue weighted by Gasteiger charge is 2.61. The maximum atomic E-state index is 12.5. The first-order valence-electron chi connectivity index (χ1n) is 3.49. The number of allylic oxidation sites excluding steroid dienone is 1. The molecule has 0 amide bonds. The molecule has 0 rings (SSSR count). The van der Waals surface area contributed by atoms with Crippen molar-refractivity contribution < 1.29 is 36.2 Å². The van der Waals surface area contributed by atoms with Crippen LogP contribution < -0.4 is 0 Å². The molecular weight excluding hydrogens is 230 g/mol. The Morgan fingerprint density at radius 2 is 1.67 bits per heavy atom. The molecule has 0 aromatic rings. The lowest BCUT2D eigenvalue weighted by Crippen LogP contribution is -2.45. The predicted octanol–water partition coefficient (Wildman–Crippen LogP) is 2.55. The Morgan fingerprint density at radius 3 is 1.93 bits per heavy atom. The van der Waals surface area contributed by atoms with Gasteiger partial charge in [-0.15, -0.1) is 0 Å². The Labute approximate surface area is 80.2 Å². The van der Waals surface area contributed by atoms with E-state index in [0.29, 0.717) is 6.92 Å². The Morgan fingerprint density at radius 1 is 1.27 bits per heavy atom. The van der Waals surface area contributed by atoms with E-state index in [0.717, 1.165) is 0 Å². The van der Waals surface area contributed by atoms with Gasteiger partial charge in [-0.25, -0.2) is 13.6 Å². The minimum Gasteiger partial charge on any atom is -0.478 e. The molecule has 0 spiro atoms. The summed E-state index contributed by atoms with van der Waals surface area (Å²) < 4.78 is 72.5. The van der Waals surface area contributed by atoms with Gasteiger partial charge in [-0.05, 0) is 6.92 Å². The lowest BCUT2D eigenvalue weighted by molar-refractivity contribution is -0.242. The minimum atomic E-state index is -5.59. The van der Waals surface area contributed by atoms with Gasteiger partial charge in [0.2, 0.25) is 0 Å². The first-order valence-corrected chi connectivity index (χ1v) is 3.49. The molecule has 0 saturated carbocycles. The molecule has 1 N–H and O–H groups in total. The average molecular weight is 236 g/mol. The fraction of sp³-hybridized carbons (Fsp3) is 0.571. The number of hydrogen-bond acceptors (Lipinski definition) is 1. The number of carbonyl (C=O) groups is 1. The molecule has 0 bridgehead atoms. The maximum absolute atomic E-state index is 12.5. The summed E-state index contributed by atoms with van der Waals surface area (Å²) in [7, 11) is 0. The highest BCUT2D eigenvalue weighted by molar-refractivity contribution is 5.86. The lowest BCUT2D eigenvalue weighted by Gasteiger charge is -2.23. The van der Waals surface area contributed by atoms with Crippen molar-refractivity contribution in [3.8, 4) is 0 Å². The smallest absolute Gasteiger partial charge is 0.372 e. The molecule has 0 atom stereocenters. The molecule has 0 aromatic carbocycles. The van der Waals surface area contributed by atoms with Crippen LogP contribution in [0.3, 0.4) is 0 Å². The normalized spacial score (nSPS) is 14.5. The predicted molar refractivity (Wildman–Crippen MR) is 37.3 cm³/mol. The molecule has 0 unspecified atom stereocenters. The summed E-state index contributed by atoms with van der Waals surface area (Å²) in [4.78, 5) is 10.0. The third-order valence-electron chi connectivity index (χ3n) is 1.45. The van der Waals surface area contributed by atoms with E-state index >= 15 is 0 Å². The van der Waals surface area contributed by atoms with Gasteiger partial charge in [-0.3, -0.25) is 0 Å². The van der Waals surface area contributed by atoms with Crippen LogP contribution in [0.25, 0.3) is 0 Å². The van der Waals surface area contributed by atoms with Crippen LogP contribution in [0.15, 0.2) is 11.6 Å². The third kappa shape index (κ3) is 2.87. The van der Waals surface area contributed by atoms with Gasteiger partial charge in [0.25, 0.3) is 0 Å². The molecule has 2 nitrogen and oxygen atoms in total. The van der Waals surface area contributed by atoms with E-state index in [9.17, 15) is 31.1 Å². The van der Waals surface area contributed by atoms with E-state index in [1.165, 1.54) is 0 Å². The largest absolute Gasteiger partial charge is 0.478 e. The molecular formula is C7H6F6O2. The highest BCUT2D eigenvalue weighted by atomic mass is 19.3. The van der Waals surface area contributed by atoms with Crippen LogP contribution in [0.2, 0.25) is 0 Å². The summed E-state index contributed by atoms with van der Waals surface area (Å²) in [6.07, 6.45) is -5.27. The second-order valence-corrected chi connectivity index (χ2v) is 2.68. The summed E-state index contributed by atoms with van der Waals surface area (Å²) >= 11 is 0. The van der Waals surface area contributed by atoms with Crippen LogP contribution in [0, 0.1) is 0 Å². The summed E-state index contributed by atoms with van der Waals surface area (Å²) in [6, 6.07) is 0. The molecule has 0 aliphatic carbocycles. The molecule has 0 radical (unpaired) electrons. The van der Waals surface area contributed by atoms with Crippen molar-refractivity contribution in [1.29, 1.82) is 0 Å². The van der Waals surface area contributed by atoms with Gasteiger partial charge in [0.05, 0.1) is 0 Å². The van der Waals surface area contributed by atoms with Gasteiger partial charge in [0.15, 0.2) is 0 Å². The average Bonchev–Trinajstić information content (AvgIpc) is 2.02. The quantitative estimate of drug-likeness (QED) is 0.601. The molecule has 8 heteroatoms. The fourth-order valence-electron chi connectivity index (χ4n) is 0.575. The second kappa shape index (κ2) is 4.11. The Kier molecular flexibility index (Phi) is 3.78.